The highest BCUT2D eigenvalue weighted by molar-refractivity contribution is 8.05. The number of ether oxygens (including phenoxy) is 3. The van der Waals surface area contributed by atoms with Gasteiger partial charge in [0.25, 0.3) is 0 Å². The molecule has 3 heterocycles. The summed E-state index contributed by atoms with van der Waals surface area (Å²) in [6.07, 6.45) is 3.70. The standard InChI is InChI=1S/C45H57N6O8PS2/c1-8-28-23-45(28,60(55,56)26-62-32-16-10-9-11-17-32)50-40(52)37-21-31(24-51(37)41(53)39(44(4,5)6)49-43(54)59-29-14-12-13-15-29)58-38-22-35(36-25-61-42(48-36)46-27(2)3)47-34-20-30(57-7)18-19-33(34)38/h8-11,16-20,22,25,27-29,31,37,39H,1,12-15,21,23-24,26H2,2-7H3,(H,46,48)(H,49,54)(H,50,52)(H,55,56)/t28-,31-,37+,39-,45+/m1/s1. The zero-order valence-corrected chi connectivity index (χ0v) is 38.6. The maximum Gasteiger partial charge on any atom is 0.408 e. The van der Waals surface area contributed by atoms with Gasteiger partial charge in [-0.1, -0.05) is 45.0 Å². The Morgan fingerprint density at radius 1 is 1.08 bits per heavy atom. The average Bonchev–Trinajstić information content (AvgIpc) is 3.63. The number of thioether (sulfide) groups is 1. The molecule has 0 radical (unpaired) electrons. The number of hydrogen-bond acceptors (Lipinski definition) is 12. The van der Waals surface area contributed by atoms with E-state index in [0.717, 1.165) is 35.7 Å². The van der Waals surface area contributed by atoms with Crippen LogP contribution in [0.2, 0.25) is 0 Å². The molecule has 1 aliphatic heterocycles. The number of anilines is 1. The van der Waals surface area contributed by atoms with Gasteiger partial charge in [0.2, 0.25) is 19.2 Å². The first-order chi connectivity index (χ1) is 29.5. The molecular formula is C45H57N6O8PS2. The number of thiazole rings is 1. The summed E-state index contributed by atoms with van der Waals surface area (Å²) in [6.45, 7) is 13.5. The number of pyridine rings is 1. The van der Waals surface area contributed by atoms with Crippen LogP contribution in [-0.2, 0) is 18.9 Å². The molecule has 0 bridgehead atoms. The quantitative estimate of drug-likeness (QED) is 0.0478. The van der Waals surface area contributed by atoms with Crippen molar-refractivity contribution in [2.45, 2.75) is 114 Å². The van der Waals surface area contributed by atoms with Crippen LogP contribution in [0.5, 0.6) is 11.5 Å². The summed E-state index contributed by atoms with van der Waals surface area (Å²) in [6, 6.07) is 14.6. The number of nitrogens with zero attached hydrogens (tertiary/aromatic N) is 3. The number of rotatable bonds is 16. The Hall–Kier alpha value is -4.63. The fourth-order valence-electron chi connectivity index (χ4n) is 8.19. The molecule has 332 valence electrons. The van der Waals surface area contributed by atoms with E-state index in [0.29, 0.717) is 33.8 Å². The maximum atomic E-state index is 14.9. The van der Waals surface area contributed by atoms with E-state index in [2.05, 4.69) is 22.5 Å². The van der Waals surface area contributed by atoms with Crippen LogP contribution in [0, 0.1) is 11.3 Å². The Labute approximate surface area is 371 Å². The van der Waals surface area contributed by atoms with Crippen LogP contribution in [0.15, 0.2) is 77.5 Å². The van der Waals surface area contributed by atoms with Gasteiger partial charge in [0, 0.05) is 46.2 Å². The highest BCUT2D eigenvalue weighted by Crippen LogP contribution is 2.70. The molecule has 3 amide bonds. The Kier molecular flexibility index (Phi) is 13.6. The summed E-state index contributed by atoms with van der Waals surface area (Å²) in [7, 11) is -2.48. The third kappa shape index (κ3) is 10.1. The molecule has 0 spiro atoms. The number of methoxy groups -OCH3 is 1. The van der Waals surface area contributed by atoms with Crippen LogP contribution in [0.1, 0.15) is 73.1 Å². The number of benzene rings is 2. The molecule has 2 saturated carbocycles. The van der Waals surface area contributed by atoms with Gasteiger partial charge in [-0.15, -0.1) is 29.7 Å². The third-order valence-corrected chi connectivity index (χ3v) is 16.8. The smallest absolute Gasteiger partial charge is 0.408 e. The molecule has 62 heavy (non-hydrogen) atoms. The van der Waals surface area contributed by atoms with Crippen molar-refractivity contribution in [2.24, 2.45) is 11.3 Å². The first kappa shape index (κ1) is 45.4. The Morgan fingerprint density at radius 2 is 1.82 bits per heavy atom. The highest BCUT2D eigenvalue weighted by Gasteiger charge is 2.66. The minimum atomic E-state index is -4.06. The van der Waals surface area contributed by atoms with E-state index in [1.54, 1.807) is 19.3 Å². The van der Waals surface area contributed by atoms with Gasteiger partial charge in [0.15, 0.2) is 5.13 Å². The van der Waals surface area contributed by atoms with Crippen LogP contribution >= 0.6 is 30.5 Å². The van der Waals surface area contributed by atoms with Crippen molar-refractivity contribution in [3.8, 4) is 22.9 Å². The predicted octanol–water partition coefficient (Wildman–Crippen LogP) is 8.66. The summed E-state index contributed by atoms with van der Waals surface area (Å²) < 4.78 is 32.3. The van der Waals surface area contributed by atoms with Gasteiger partial charge < -0.3 is 40.0 Å². The highest BCUT2D eigenvalue weighted by atomic mass is 32.2. The zero-order valence-electron chi connectivity index (χ0n) is 36.1. The van der Waals surface area contributed by atoms with Crippen LogP contribution in [-0.4, -0.2) is 92.4 Å². The van der Waals surface area contributed by atoms with Gasteiger partial charge in [-0.05, 0) is 75.6 Å². The average molecular weight is 905 g/mol. The zero-order chi connectivity index (χ0) is 44.4. The van der Waals surface area contributed by atoms with Crippen LogP contribution < -0.4 is 25.4 Å². The molecule has 14 nitrogen and oxygen atoms in total. The molecule has 17 heteroatoms. The predicted molar refractivity (Wildman–Crippen MR) is 244 cm³/mol. The van der Waals surface area contributed by atoms with E-state index in [-0.39, 0.29) is 37.0 Å². The van der Waals surface area contributed by atoms with Crippen molar-refractivity contribution < 1.29 is 38.1 Å². The fourth-order valence-corrected chi connectivity index (χ4v) is 13.0. The molecule has 3 fully saturated rings. The summed E-state index contributed by atoms with van der Waals surface area (Å²) in [5, 5.41) is 11.0. The van der Waals surface area contributed by atoms with Gasteiger partial charge in [-0.3, -0.25) is 14.2 Å². The lowest BCUT2D eigenvalue weighted by molar-refractivity contribution is -0.142. The number of hydrogen-bond donors (Lipinski definition) is 4. The minimum Gasteiger partial charge on any atom is -0.497 e. The second-order valence-corrected chi connectivity index (χ2v) is 22.6. The number of carbonyl (C=O) groups excluding carboxylic acids is 3. The van der Waals surface area contributed by atoms with Crippen LogP contribution in [0.25, 0.3) is 22.3 Å². The number of likely N-dealkylation sites (tertiary alicyclic amines) is 1. The Morgan fingerprint density at radius 3 is 2.48 bits per heavy atom. The lowest BCUT2D eigenvalue weighted by Crippen LogP contribution is -2.58. The van der Waals surface area contributed by atoms with Crippen molar-refractivity contribution in [1.29, 1.82) is 0 Å². The number of aromatic nitrogens is 2. The Balaban J connectivity index is 1.21. The second kappa shape index (κ2) is 18.6. The molecule has 3 aliphatic rings. The molecule has 2 aromatic heterocycles. The first-order valence-electron chi connectivity index (χ1n) is 21.1. The minimum absolute atomic E-state index is 0.0180. The van der Waals surface area contributed by atoms with E-state index in [9.17, 15) is 23.8 Å². The lowest BCUT2D eigenvalue weighted by atomic mass is 9.85. The van der Waals surface area contributed by atoms with Crippen molar-refractivity contribution >= 4 is 64.4 Å². The van der Waals surface area contributed by atoms with Gasteiger partial charge in [-0.2, -0.15) is 0 Å². The van der Waals surface area contributed by atoms with E-state index < -0.39 is 60.1 Å². The van der Waals surface area contributed by atoms with Crippen molar-refractivity contribution in [3.63, 3.8) is 0 Å². The van der Waals surface area contributed by atoms with Gasteiger partial charge in [0.1, 0.15) is 46.8 Å². The fraction of sp³-hybridized carbons (Fsp3) is 0.489. The summed E-state index contributed by atoms with van der Waals surface area (Å²) in [4.78, 5) is 66.6. The topological polar surface area (TPSA) is 181 Å². The number of amides is 3. The molecule has 2 aliphatic carbocycles. The van der Waals surface area contributed by atoms with Crippen LogP contribution in [0.4, 0.5) is 9.93 Å². The third-order valence-electron chi connectivity index (χ3n) is 11.6. The monoisotopic (exact) mass is 904 g/mol. The molecule has 1 saturated heterocycles. The number of fused-ring (bicyclic) bond motifs is 1. The van der Waals surface area contributed by atoms with Crippen molar-refractivity contribution in [1.82, 2.24) is 25.5 Å². The SMILES string of the molecule is C=C[C@@H]1C[C@]1(NC(=O)[C@@H]1C[C@@H](Oc2cc(-c3csc(NC(C)C)n3)nc3cc(OC)ccc23)CN1C(=O)[C@@H](NC(=O)OC1CCCC1)C(C)(C)C)P(=O)(O)CSc1ccccc1. The van der Waals surface area contributed by atoms with Crippen molar-refractivity contribution in [2.75, 3.05) is 24.5 Å². The number of nitrogens with one attached hydrogen (secondary N) is 3. The second-order valence-electron chi connectivity index (χ2n) is 17.7. The molecule has 7 rings (SSSR count). The van der Waals surface area contributed by atoms with E-state index in [1.807, 2.05) is 88.5 Å². The van der Waals surface area contributed by atoms with Gasteiger partial charge >= 0.3 is 6.09 Å². The summed E-state index contributed by atoms with van der Waals surface area (Å²) >= 11 is 2.71. The normalized spacial score (nSPS) is 22.8. The van der Waals surface area contributed by atoms with E-state index in [1.165, 1.54) is 28.0 Å². The lowest BCUT2D eigenvalue weighted by Gasteiger charge is -2.36. The first-order valence-corrected chi connectivity index (χ1v) is 24.8. The molecule has 1 unspecified atom stereocenters. The van der Waals surface area contributed by atoms with Gasteiger partial charge in [-0.25, -0.2) is 14.8 Å². The molecular weight excluding hydrogens is 848 g/mol. The number of alkyl carbamates (subject to hydrolysis) is 1. The van der Waals surface area contributed by atoms with E-state index in [4.69, 9.17) is 24.2 Å². The molecule has 2 aromatic carbocycles. The van der Waals surface area contributed by atoms with Crippen LogP contribution in [0.3, 0.4) is 0 Å². The molecule has 6 atom stereocenters. The molecule has 4 aromatic rings. The van der Waals surface area contributed by atoms with Gasteiger partial charge in [0.05, 0.1) is 30.4 Å². The summed E-state index contributed by atoms with van der Waals surface area (Å²) in [5.74, 6) is -0.476. The van der Waals surface area contributed by atoms with E-state index >= 15 is 0 Å². The molecule has 4 N–H and O–H groups in total. The Bertz CT molecular complexity index is 2330. The van der Waals surface area contributed by atoms with Crippen molar-refractivity contribution in [3.05, 3.63) is 72.6 Å². The maximum absolute atomic E-state index is 14.9. The largest absolute Gasteiger partial charge is 0.497 e. The number of carbonyl (C=O) groups is 3. The summed E-state index contributed by atoms with van der Waals surface area (Å²) in [5.41, 5.74) is 0.876.